The van der Waals surface area contributed by atoms with Crippen molar-refractivity contribution in [3.63, 3.8) is 0 Å². The molecule has 4 amide bonds. The number of carbonyl (C=O) groups excluding carboxylic acids is 4. The first-order chi connectivity index (χ1) is 27.0. The Hall–Kier alpha value is -4.21. The van der Waals surface area contributed by atoms with Crippen molar-refractivity contribution in [2.45, 2.75) is 132 Å². The Kier molecular flexibility index (Phi) is 10.1. The Morgan fingerprint density at radius 3 is 2.39 bits per heavy atom. The number of hydrogen-bond donors (Lipinski definition) is 3. The minimum atomic E-state index is -3.91. The van der Waals surface area contributed by atoms with Crippen molar-refractivity contribution in [1.29, 1.82) is 0 Å². The van der Waals surface area contributed by atoms with E-state index in [1.165, 1.54) is 42.4 Å². The monoisotopic (exact) mass is 811 g/mol. The molecular weight excluding hydrogens is 758 g/mol. The molecule has 16 heteroatoms. The van der Waals surface area contributed by atoms with Crippen LogP contribution < -0.4 is 20.1 Å². The molecule has 8 aliphatic rings. The summed E-state index contributed by atoms with van der Waals surface area (Å²) in [5, 5.41) is 9.44. The average Bonchev–Trinajstić information content (AvgIpc) is 4.05. The van der Waals surface area contributed by atoms with Crippen LogP contribution in [0.2, 0.25) is 0 Å². The second-order valence-corrected chi connectivity index (χ2v) is 20.7. The maximum absolute atomic E-state index is 14.8. The van der Waals surface area contributed by atoms with Gasteiger partial charge in [-0.05, 0) is 111 Å². The number of oxime groups is 1. The first-order valence-electron chi connectivity index (χ1n) is 20.4. The highest BCUT2D eigenvalue weighted by Gasteiger charge is 2.62. The van der Waals surface area contributed by atoms with E-state index < -0.39 is 85.6 Å². The third kappa shape index (κ3) is 7.99. The molecule has 7 fully saturated rings. The minimum Gasteiger partial charge on any atom is -0.492 e. The number of benzene rings is 1. The second-order valence-electron chi connectivity index (χ2n) is 18.7. The Morgan fingerprint density at radius 2 is 1.75 bits per heavy atom. The van der Waals surface area contributed by atoms with Crippen molar-refractivity contribution in [1.82, 2.24) is 20.3 Å². The first kappa shape index (κ1) is 39.6. The summed E-state index contributed by atoms with van der Waals surface area (Å²) in [4.78, 5) is 64.0. The lowest BCUT2D eigenvalue weighted by molar-refractivity contribution is -0.144. The van der Waals surface area contributed by atoms with Gasteiger partial charge in [-0.1, -0.05) is 32.0 Å². The SMILES string of the molecule is C=CC[C@@H]1C[C@]1(NC(=O)[C@@H]1C[C@@H](O/N=C2\CCOc3ccc(F)cc32)CN1C(=O)[C@@H](NC(=O)OC12CC3CC(CC(C3)C1)C2)C(C)(C)C)C(=O)NS(=O)(=O)C1CC1. The van der Waals surface area contributed by atoms with Crippen LogP contribution in [0.15, 0.2) is 36.0 Å². The van der Waals surface area contributed by atoms with Gasteiger partial charge in [0.05, 0.1) is 24.1 Å². The Balaban J connectivity index is 1.04. The van der Waals surface area contributed by atoms with Crippen LogP contribution in [-0.4, -0.2) is 90.6 Å². The van der Waals surface area contributed by atoms with Gasteiger partial charge in [0.1, 0.15) is 40.9 Å². The highest BCUT2D eigenvalue weighted by molar-refractivity contribution is 7.91. The van der Waals surface area contributed by atoms with E-state index in [4.69, 9.17) is 14.3 Å². The van der Waals surface area contributed by atoms with Crippen LogP contribution in [0.5, 0.6) is 5.75 Å². The van der Waals surface area contributed by atoms with Gasteiger partial charge in [-0.25, -0.2) is 17.6 Å². The Bertz CT molecular complexity index is 1940. The predicted molar refractivity (Wildman–Crippen MR) is 206 cm³/mol. The summed E-state index contributed by atoms with van der Waals surface area (Å²) in [6, 6.07) is 1.83. The van der Waals surface area contributed by atoms with Crippen LogP contribution in [0.25, 0.3) is 0 Å². The first-order valence-corrected chi connectivity index (χ1v) is 22.0. The zero-order valence-electron chi connectivity index (χ0n) is 32.9. The van der Waals surface area contributed by atoms with Gasteiger partial charge < -0.3 is 29.8 Å². The summed E-state index contributed by atoms with van der Waals surface area (Å²) >= 11 is 0. The fourth-order valence-electron chi connectivity index (χ4n) is 10.4. The maximum atomic E-state index is 14.8. The molecule has 0 radical (unpaired) electrons. The van der Waals surface area contributed by atoms with E-state index in [2.05, 4.69) is 27.1 Å². The molecular formula is C41H54FN5O9S. The summed E-state index contributed by atoms with van der Waals surface area (Å²) < 4.78 is 53.9. The largest absolute Gasteiger partial charge is 0.492 e. The highest BCUT2D eigenvalue weighted by Crippen LogP contribution is 2.57. The normalized spacial score (nSPS) is 33.8. The molecule has 0 aromatic heterocycles. The number of amides is 4. The van der Waals surface area contributed by atoms with Crippen LogP contribution in [0, 0.1) is 34.9 Å². The third-order valence-corrected chi connectivity index (χ3v) is 15.0. The van der Waals surface area contributed by atoms with Gasteiger partial charge >= 0.3 is 6.09 Å². The molecule has 0 unspecified atom stereocenters. The van der Waals surface area contributed by atoms with Crippen molar-refractivity contribution >= 4 is 39.5 Å². The number of sulfonamides is 1. The second kappa shape index (κ2) is 14.6. The number of halogens is 1. The van der Waals surface area contributed by atoms with Gasteiger partial charge in [0.25, 0.3) is 5.91 Å². The lowest BCUT2D eigenvalue weighted by Crippen LogP contribution is -2.61. The Morgan fingerprint density at radius 1 is 1.07 bits per heavy atom. The molecule has 1 aromatic carbocycles. The van der Waals surface area contributed by atoms with E-state index in [9.17, 15) is 32.0 Å². The minimum absolute atomic E-state index is 0.0281. The molecule has 9 rings (SSSR count). The molecule has 310 valence electrons. The molecule has 57 heavy (non-hydrogen) atoms. The number of carbonyl (C=O) groups is 4. The zero-order chi connectivity index (χ0) is 40.5. The lowest BCUT2D eigenvalue weighted by Gasteiger charge is -2.55. The number of nitrogens with zero attached hydrogens (tertiary/aromatic N) is 2. The molecule has 1 saturated heterocycles. The number of likely N-dealkylation sites (tertiary alicyclic amines) is 1. The molecule has 6 saturated carbocycles. The van der Waals surface area contributed by atoms with Crippen LogP contribution in [-0.2, 0) is 34.0 Å². The van der Waals surface area contributed by atoms with Crippen molar-refractivity contribution in [3.8, 4) is 5.75 Å². The van der Waals surface area contributed by atoms with E-state index in [1.807, 2.05) is 20.8 Å². The summed E-state index contributed by atoms with van der Waals surface area (Å²) in [6.45, 7) is 9.42. The summed E-state index contributed by atoms with van der Waals surface area (Å²) in [5.74, 6) is -0.842. The number of fused-ring (bicyclic) bond motifs is 1. The van der Waals surface area contributed by atoms with Crippen molar-refractivity contribution in [2.75, 3.05) is 13.2 Å². The van der Waals surface area contributed by atoms with Gasteiger partial charge in [0.2, 0.25) is 21.8 Å². The van der Waals surface area contributed by atoms with Gasteiger partial charge in [-0.2, -0.15) is 0 Å². The predicted octanol–water partition coefficient (Wildman–Crippen LogP) is 4.47. The standard InChI is InChI=1S/C41H54FN5O9S/c1-5-6-26-21-41(26,37(50)46-57(52,53)29-8-9-29)44-35(48)32-17-28(56-45-31-11-12-54-33-10-7-27(42)16-30(31)33)22-47(32)36(49)34(39(2,3)4)43-38(51)55-40-18-23-13-24(19-40)15-25(14-23)20-40/h5,7,10,16,23-26,28-29,32,34H,1,6,8-9,11-15,17-22H2,2-4H3,(H,43,51)(H,44,48)(H,46,50)/b45-31+/t23?,24?,25?,26-,28-,32+,34-,40?,41-/m1/s1. The molecule has 6 aliphatic carbocycles. The molecule has 0 spiro atoms. The number of alkyl carbamates (subject to hydrolysis) is 1. The fraction of sp³-hybridized carbons (Fsp3) is 0.683. The number of ether oxygens (including phenoxy) is 2. The van der Waals surface area contributed by atoms with E-state index in [1.54, 1.807) is 6.08 Å². The van der Waals surface area contributed by atoms with Crippen LogP contribution in [0.3, 0.4) is 0 Å². The number of allylic oxidation sites excluding steroid dienone is 1. The molecule has 3 N–H and O–H groups in total. The summed E-state index contributed by atoms with van der Waals surface area (Å²) in [6.07, 6.45) is 7.87. The maximum Gasteiger partial charge on any atom is 0.408 e. The van der Waals surface area contributed by atoms with Crippen molar-refractivity contribution in [2.24, 2.45) is 34.2 Å². The molecule has 4 bridgehead atoms. The van der Waals surface area contributed by atoms with E-state index >= 15 is 0 Å². The van der Waals surface area contributed by atoms with Crippen LogP contribution in [0.4, 0.5) is 9.18 Å². The van der Waals surface area contributed by atoms with Gasteiger partial charge in [0, 0.05) is 18.4 Å². The average molecular weight is 812 g/mol. The highest BCUT2D eigenvalue weighted by atomic mass is 32.2. The molecule has 1 aromatic rings. The Labute approximate surface area is 333 Å². The van der Waals surface area contributed by atoms with Crippen LogP contribution >= 0.6 is 0 Å². The molecule has 2 aliphatic heterocycles. The van der Waals surface area contributed by atoms with E-state index in [0.717, 1.165) is 19.3 Å². The van der Waals surface area contributed by atoms with Gasteiger partial charge in [-0.15, -0.1) is 6.58 Å². The number of rotatable bonds is 12. The number of nitrogens with one attached hydrogen (secondary N) is 3. The molecule has 14 nitrogen and oxygen atoms in total. The summed E-state index contributed by atoms with van der Waals surface area (Å²) in [7, 11) is -3.91. The topological polar surface area (TPSA) is 182 Å². The van der Waals surface area contributed by atoms with E-state index in [0.29, 0.717) is 67.1 Å². The smallest absolute Gasteiger partial charge is 0.408 e. The van der Waals surface area contributed by atoms with Gasteiger partial charge in [0.15, 0.2) is 0 Å². The third-order valence-electron chi connectivity index (χ3n) is 13.2. The van der Waals surface area contributed by atoms with Crippen LogP contribution in [0.1, 0.15) is 103 Å². The molecule has 5 atom stereocenters. The van der Waals surface area contributed by atoms with Gasteiger partial charge in [-0.3, -0.25) is 19.1 Å². The summed E-state index contributed by atoms with van der Waals surface area (Å²) in [5.41, 5.74) is -2.01. The molecule has 2 heterocycles. The quantitative estimate of drug-likeness (QED) is 0.203. The number of hydrogen-bond acceptors (Lipinski definition) is 10. The van der Waals surface area contributed by atoms with Crippen molar-refractivity contribution in [3.05, 3.63) is 42.2 Å². The fourth-order valence-corrected chi connectivity index (χ4v) is 11.8. The van der Waals surface area contributed by atoms with Crippen molar-refractivity contribution < 1.29 is 46.3 Å². The zero-order valence-corrected chi connectivity index (χ0v) is 33.7. The lowest BCUT2D eigenvalue weighted by atomic mass is 9.54. The van der Waals surface area contributed by atoms with E-state index in [-0.39, 0.29) is 19.4 Å².